The fourth-order valence-electron chi connectivity index (χ4n) is 2.10. The Bertz CT molecular complexity index is 457. The predicted molar refractivity (Wildman–Crippen MR) is 88.8 cm³/mol. The van der Waals surface area contributed by atoms with Crippen LogP contribution in [0, 0.1) is 0 Å². The summed E-state index contributed by atoms with van der Waals surface area (Å²) in [7, 11) is 0. The summed E-state index contributed by atoms with van der Waals surface area (Å²) in [6.45, 7) is 3.42. The normalized spacial score (nSPS) is 20.9. The lowest BCUT2D eigenvalue weighted by atomic mass is 10.1. The molecule has 1 fully saturated rings. The van der Waals surface area contributed by atoms with E-state index in [-0.39, 0.29) is 6.10 Å². The Balaban J connectivity index is 2.16. The topological polar surface area (TPSA) is 30.8 Å². The van der Waals surface area contributed by atoms with E-state index in [1.165, 1.54) is 12.8 Å². The number of unbranched alkanes of at least 4 members (excludes halogenated alkanes) is 2. The van der Waals surface area contributed by atoms with Gasteiger partial charge in [-0.15, -0.1) is 0 Å². The monoisotopic (exact) mass is 403 g/mol. The Morgan fingerprint density at radius 3 is 2.65 bits per heavy atom. The van der Waals surface area contributed by atoms with E-state index in [4.69, 9.17) is 9.47 Å². The van der Waals surface area contributed by atoms with Crippen LogP contribution in [-0.2, 0) is 9.47 Å². The van der Waals surface area contributed by atoms with Gasteiger partial charge in [-0.25, -0.2) is 4.99 Å². The van der Waals surface area contributed by atoms with Crippen molar-refractivity contribution >= 4 is 43.4 Å². The molecular weight excluding hydrogens is 386 g/mol. The van der Waals surface area contributed by atoms with E-state index in [9.17, 15) is 0 Å². The Morgan fingerprint density at radius 2 is 1.95 bits per heavy atom. The number of rotatable bonds is 5. The van der Waals surface area contributed by atoms with Crippen LogP contribution in [0.1, 0.15) is 32.6 Å². The zero-order chi connectivity index (χ0) is 14.4. The van der Waals surface area contributed by atoms with Crippen LogP contribution in [-0.4, -0.2) is 25.2 Å². The van der Waals surface area contributed by atoms with Gasteiger partial charge in [-0.3, -0.25) is 0 Å². The average Bonchev–Trinajstić information content (AvgIpc) is 2.45. The molecule has 1 aromatic carbocycles. The number of hydrogen-bond acceptors (Lipinski definition) is 3. The molecule has 0 N–H and O–H groups in total. The van der Waals surface area contributed by atoms with Gasteiger partial charge in [0.1, 0.15) is 12.7 Å². The van der Waals surface area contributed by atoms with E-state index >= 15 is 0 Å². The number of ether oxygens (including phenoxy) is 2. The zero-order valence-electron chi connectivity index (χ0n) is 11.6. The second kappa shape index (κ2) is 8.15. The molecule has 2 rings (SSSR count). The molecule has 0 bridgehead atoms. The van der Waals surface area contributed by atoms with Gasteiger partial charge in [-0.05, 0) is 50.4 Å². The summed E-state index contributed by atoms with van der Waals surface area (Å²) in [5.74, 6) is 0.694. The van der Waals surface area contributed by atoms with E-state index in [1.807, 2.05) is 18.2 Å². The number of benzene rings is 1. The van der Waals surface area contributed by atoms with Crippen molar-refractivity contribution in [2.75, 3.05) is 13.2 Å². The van der Waals surface area contributed by atoms with Crippen molar-refractivity contribution in [2.45, 2.75) is 38.7 Å². The molecule has 1 atom stereocenters. The first-order valence-electron chi connectivity index (χ1n) is 6.99. The average molecular weight is 405 g/mol. The zero-order valence-corrected chi connectivity index (χ0v) is 14.7. The highest BCUT2D eigenvalue weighted by Crippen LogP contribution is 2.34. The summed E-state index contributed by atoms with van der Waals surface area (Å²) in [6, 6.07) is 5.91. The molecule has 110 valence electrons. The van der Waals surface area contributed by atoms with Gasteiger partial charge in [0.25, 0.3) is 0 Å². The smallest absolute Gasteiger partial charge is 0.218 e. The van der Waals surface area contributed by atoms with Gasteiger partial charge in [0.15, 0.2) is 0 Å². The summed E-state index contributed by atoms with van der Waals surface area (Å²) in [5, 5.41) is 0. The molecule has 1 aromatic rings. The van der Waals surface area contributed by atoms with E-state index in [1.54, 1.807) is 0 Å². The highest BCUT2D eigenvalue weighted by Gasteiger charge is 2.23. The maximum atomic E-state index is 5.80. The number of halogens is 2. The Labute approximate surface area is 137 Å². The minimum Gasteiger partial charge on any atom is -0.476 e. The van der Waals surface area contributed by atoms with Crippen molar-refractivity contribution in [1.82, 2.24) is 0 Å². The van der Waals surface area contributed by atoms with E-state index in [2.05, 4.69) is 43.8 Å². The van der Waals surface area contributed by atoms with E-state index in [0.29, 0.717) is 19.1 Å². The summed E-state index contributed by atoms with van der Waals surface area (Å²) in [6.07, 6.45) is 4.51. The lowest BCUT2D eigenvalue weighted by Gasteiger charge is -2.25. The molecule has 1 aliphatic heterocycles. The van der Waals surface area contributed by atoms with Crippen LogP contribution in [0.15, 0.2) is 32.1 Å². The molecule has 0 saturated carbocycles. The van der Waals surface area contributed by atoms with Crippen molar-refractivity contribution in [3.8, 4) is 0 Å². The second-order valence-corrected chi connectivity index (χ2v) is 6.43. The third-order valence-electron chi connectivity index (χ3n) is 3.16. The highest BCUT2D eigenvalue weighted by atomic mass is 79.9. The van der Waals surface area contributed by atoms with Crippen LogP contribution in [0.5, 0.6) is 0 Å². The standard InChI is InChI=1S/C15H19Br2NO2/c1-2-3-4-8-13-15(20-10-9-19-13)18-14-11(16)6-5-7-12(14)17/h5-7,13H,2-4,8-10H2,1H3. The maximum absolute atomic E-state index is 5.80. The first-order valence-corrected chi connectivity index (χ1v) is 8.58. The van der Waals surface area contributed by atoms with E-state index < -0.39 is 0 Å². The first-order chi connectivity index (χ1) is 9.72. The molecule has 20 heavy (non-hydrogen) atoms. The largest absolute Gasteiger partial charge is 0.476 e. The Morgan fingerprint density at radius 1 is 1.20 bits per heavy atom. The van der Waals surface area contributed by atoms with Crippen molar-refractivity contribution in [3.05, 3.63) is 27.1 Å². The van der Waals surface area contributed by atoms with Crippen molar-refractivity contribution < 1.29 is 9.47 Å². The minimum absolute atomic E-state index is 0.0192. The molecule has 0 aromatic heterocycles. The van der Waals surface area contributed by atoms with Gasteiger partial charge in [0.05, 0.1) is 12.3 Å². The molecule has 0 amide bonds. The molecule has 5 heteroatoms. The molecule has 0 radical (unpaired) electrons. The van der Waals surface area contributed by atoms with Crippen molar-refractivity contribution in [3.63, 3.8) is 0 Å². The van der Waals surface area contributed by atoms with Crippen LogP contribution in [0.2, 0.25) is 0 Å². The van der Waals surface area contributed by atoms with Crippen LogP contribution in [0.25, 0.3) is 0 Å². The van der Waals surface area contributed by atoms with Crippen LogP contribution < -0.4 is 0 Å². The third kappa shape index (κ3) is 4.30. The van der Waals surface area contributed by atoms with Crippen LogP contribution in [0.3, 0.4) is 0 Å². The summed E-state index contributed by atoms with van der Waals surface area (Å²) < 4.78 is 13.4. The molecule has 3 nitrogen and oxygen atoms in total. The fraction of sp³-hybridized carbons (Fsp3) is 0.533. The van der Waals surface area contributed by atoms with Gasteiger partial charge in [-0.2, -0.15) is 0 Å². The predicted octanol–water partition coefficient (Wildman–Crippen LogP) is 5.24. The lowest BCUT2D eigenvalue weighted by Crippen LogP contribution is -2.34. The van der Waals surface area contributed by atoms with Gasteiger partial charge in [-0.1, -0.05) is 32.3 Å². The lowest BCUT2D eigenvalue weighted by molar-refractivity contribution is 0.0106. The molecular formula is C15H19Br2NO2. The summed E-state index contributed by atoms with van der Waals surface area (Å²) in [4.78, 5) is 4.65. The molecule has 0 aliphatic carbocycles. The van der Waals surface area contributed by atoms with Crippen LogP contribution >= 0.6 is 31.9 Å². The van der Waals surface area contributed by atoms with Crippen molar-refractivity contribution in [2.24, 2.45) is 4.99 Å². The van der Waals surface area contributed by atoms with Gasteiger partial charge >= 0.3 is 0 Å². The van der Waals surface area contributed by atoms with Gasteiger partial charge in [0, 0.05) is 8.95 Å². The molecule has 1 saturated heterocycles. The second-order valence-electron chi connectivity index (χ2n) is 4.72. The minimum atomic E-state index is -0.0192. The Kier molecular flexibility index (Phi) is 6.52. The summed E-state index contributed by atoms with van der Waals surface area (Å²) in [5.41, 5.74) is 0.855. The fourth-order valence-corrected chi connectivity index (χ4v) is 3.27. The molecule has 1 aliphatic rings. The van der Waals surface area contributed by atoms with Crippen molar-refractivity contribution in [1.29, 1.82) is 0 Å². The molecule has 1 unspecified atom stereocenters. The van der Waals surface area contributed by atoms with Gasteiger partial charge in [0.2, 0.25) is 5.90 Å². The third-order valence-corrected chi connectivity index (χ3v) is 4.44. The van der Waals surface area contributed by atoms with Crippen LogP contribution in [0.4, 0.5) is 5.69 Å². The molecule has 1 heterocycles. The number of nitrogens with zero attached hydrogens (tertiary/aromatic N) is 1. The Hall–Kier alpha value is -0.390. The van der Waals surface area contributed by atoms with E-state index in [0.717, 1.165) is 27.5 Å². The number of aliphatic imine (C=N–C) groups is 1. The summed E-state index contributed by atoms with van der Waals surface area (Å²) >= 11 is 7.05. The molecule has 0 spiro atoms. The quantitative estimate of drug-likeness (QED) is 0.628. The number of hydrogen-bond donors (Lipinski definition) is 0. The maximum Gasteiger partial charge on any atom is 0.218 e. The number of para-hydroxylation sites is 1. The first kappa shape index (κ1) is 16.0. The van der Waals surface area contributed by atoms with Gasteiger partial charge < -0.3 is 9.47 Å². The highest BCUT2D eigenvalue weighted by molar-refractivity contribution is 9.11. The SMILES string of the molecule is CCCCCC1OCCOC1=Nc1c(Br)cccc1Br.